The van der Waals surface area contributed by atoms with Crippen molar-refractivity contribution < 1.29 is 19.0 Å². The zero-order chi connectivity index (χ0) is 24.4. The number of rotatable bonds is 7. The highest BCUT2D eigenvalue weighted by Crippen LogP contribution is 2.38. The minimum Gasteiger partial charge on any atom is -0.505 e. The van der Waals surface area contributed by atoms with E-state index in [1.54, 1.807) is 67.8 Å². The van der Waals surface area contributed by atoms with Crippen molar-refractivity contribution in [2.75, 3.05) is 20.3 Å². The van der Waals surface area contributed by atoms with Crippen molar-refractivity contribution in [2.24, 2.45) is 0 Å². The molecule has 0 atom stereocenters. The third kappa shape index (κ3) is 4.29. The highest BCUT2D eigenvalue weighted by atomic mass is 32.2. The molecule has 0 radical (unpaired) electrons. The van der Waals surface area contributed by atoms with Crippen LogP contribution in [0.4, 0.5) is 0 Å². The predicted octanol–water partition coefficient (Wildman–Crippen LogP) is 4.98. The molecule has 1 N–H and O–H groups in total. The Balaban J connectivity index is 1.69. The highest BCUT2D eigenvalue weighted by molar-refractivity contribution is 7.99. The molecule has 0 fully saturated rings. The number of fused-ring (bicyclic) bond motifs is 3. The van der Waals surface area contributed by atoms with Crippen LogP contribution in [0.2, 0.25) is 0 Å². The number of hydrogen-bond donors (Lipinski definition) is 1. The second kappa shape index (κ2) is 9.69. The Bertz CT molecular complexity index is 1640. The van der Waals surface area contributed by atoms with E-state index in [4.69, 9.17) is 13.9 Å². The maximum atomic E-state index is 13.7. The van der Waals surface area contributed by atoms with Gasteiger partial charge in [-0.1, -0.05) is 48.2 Å². The van der Waals surface area contributed by atoms with Crippen LogP contribution >= 0.6 is 11.8 Å². The summed E-state index contributed by atoms with van der Waals surface area (Å²) in [5.41, 5.74) is 0.0509. The molecule has 2 aromatic heterocycles. The number of pyridine rings is 1. The molecule has 0 aliphatic rings. The quantitative estimate of drug-likeness (QED) is 0.256. The molecule has 176 valence electrons. The van der Waals surface area contributed by atoms with E-state index in [1.807, 2.05) is 18.2 Å². The molecule has 0 aliphatic heterocycles. The number of hydrogen-bond acceptors (Lipinski definition) is 7. The fraction of sp³-hybridized carbons (Fsp3) is 0.111. The molecule has 35 heavy (non-hydrogen) atoms. The van der Waals surface area contributed by atoms with Crippen LogP contribution in [0.1, 0.15) is 0 Å². The van der Waals surface area contributed by atoms with Gasteiger partial charge in [-0.2, -0.15) is 0 Å². The van der Waals surface area contributed by atoms with Crippen molar-refractivity contribution in [2.45, 2.75) is 9.79 Å². The Morgan fingerprint density at radius 1 is 0.943 bits per heavy atom. The van der Waals surface area contributed by atoms with Gasteiger partial charge in [0.2, 0.25) is 0 Å². The Morgan fingerprint density at radius 3 is 2.51 bits per heavy atom. The number of benzene rings is 3. The third-order valence-corrected chi connectivity index (χ3v) is 6.52. The van der Waals surface area contributed by atoms with Crippen LogP contribution in [0.15, 0.2) is 103 Å². The van der Waals surface area contributed by atoms with E-state index in [-0.39, 0.29) is 15.9 Å². The molecule has 7 nitrogen and oxygen atoms in total. The lowest BCUT2D eigenvalue weighted by atomic mass is 10.1. The summed E-state index contributed by atoms with van der Waals surface area (Å²) in [6.45, 7) is 0.814. The molecule has 0 bridgehead atoms. The standard InChI is InChI=1S/C27H21NO6S/c1-32-14-15-33-18-10-7-11-19(16-18)35-25-23(29)22-24(34-27(25)31)20-12-5-6-13-21(20)28(26(22)30)17-8-3-2-4-9-17/h2-13,16,29H,14-15H2,1H3. The molecular formula is C27H21NO6S. The van der Waals surface area contributed by atoms with Crippen LogP contribution in [-0.2, 0) is 4.74 Å². The maximum absolute atomic E-state index is 13.7. The molecule has 5 aromatic rings. The first-order valence-electron chi connectivity index (χ1n) is 10.9. The first kappa shape index (κ1) is 22.8. The van der Waals surface area contributed by atoms with Gasteiger partial charge in [-0.15, -0.1) is 0 Å². The molecule has 0 amide bonds. The number of aromatic nitrogens is 1. The Labute approximate surface area is 204 Å². The lowest BCUT2D eigenvalue weighted by molar-refractivity contribution is 0.146. The van der Waals surface area contributed by atoms with E-state index in [9.17, 15) is 14.7 Å². The second-order valence-corrected chi connectivity index (χ2v) is 8.77. The molecule has 2 heterocycles. The zero-order valence-corrected chi connectivity index (χ0v) is 19.6. The minimum absolute atomic E-state index is 0.0536. The summed E-state index contributed by atoms with van der Waals surface area (Å²) in [4.78, 5) is 27.2. The number of ether oxygens (including phenoxy) is 2. The summed E-state index contributed by atoms with van der Waals surface area (Å²) in [5.74, 6) is 0.182. The lowest BCUT2D eigenvalue weighted by Gasteiger charge is -2.14. The van der Waals surface area contributed by atoms with Crippen LogP contribution in [0.3, 0.4) is 0 Å². The Kier molecular flexibility index (Phi) is 6.31. The predicted molar refractivity (Wildman–Crippen MR) is 135 cm³/mol. The SMILES string of the molecule is COCCOc1cccc(Sc2c(O)c3c(=O)n(-c4ccccc4)c4ccccc4c3oc2=O)c1. The van der Waals surface area contributed by atoms with Gasteiger partial charge in [-0.25, -0.2) is 4.79 Å². The molecule has 3 aromatic carbocycles. The summed E-state index contributed by atoms with van der Waals surface area (Å²) in [5, 5.41) is 11.7. The molecule has 0 unspecified atom stereocenters. The minimum atomic E-state index is -0.729. The van der Waals surface area contributed by atoms with Gasteiger partial charge in [0, 0.05) is 23.1 Å². The monoisotopic (exact) mass is 487 g/mol. The van der Waals surface area contributed by atoms with Crippen molar-refractivity contribution in [1.29, 1.82) is 0 Å². The van der Waals surface area contributed by atoms with Crippen molar-refractivity contribution in [3.8, 4) is 17.2 Å². The normalized spacial score (nSPS) is 11.2. The molecule has 8 heteroatoms. The summed E-state index contributed by atoms with van der Waals surface area (Å²) in [7, 11) is 1.59. The molecular weight excluding hydrogens is 466 g/mol. The first-order chi connectivity index (χ1) is 17.1. The van der Waals surface area contributed by atoms with Crippen molar-refractivity contribution in [3.63, 3.8) is 0 Å². The van der Waals surface area contributed by atoms with E-state index in [2.05, 4.69) is 0 Å². The molecule has 0 aliphatic carbocycles. The largest absolute Gasteiger partial charge is 0.505 e. The molecule has 0 spiro atoms. The topological polar surface area (TPSA) is 90.9 Å². The van der Waals surface area contributed by atoms with Gasteiger partial charge in [0.25, 0.3) is 5.56 Å². The van der Waals surface area contributed by atoms with E-state index in [0.717, 1.165) is 11.8 Å². The van der Waals surface area contributed by atoms with Gasteiger partial charge >= 0.3 is 5.63 Å². The van der Waals surface area contributed by atoms with Crippen LogP contribution in [0.25, 0.3) is 27.6 Å². The smallest absolute Gasteiger partial charge is 0.354 e. The summed E-state index contributed by atoms with van der Waals surface area (Å²) < 4.78 is 17.8. The van der Waals surface area contributed by atoms with Gasteiger partial charge in [0.05, 0.1) is 12.1 Å². The average molecular weight is 488 g/mol. The van der Waals surface area contributed by atoms with Crippen molar-refractivity contribution in [3.05, 3.63) is 99.6 Å². The van der Waals surface area contributed by atoms with E-state index in [1.165, 1.54) is 4.57 Å². The number of nitrogens with zero attached hydrogens (tertiary/aromatic N) is 1. The Hall–Kier alpha value is -4.01. The molecule has 0 saturated heterocycles. The highest BCUT2D eigenvalue weighted by Gasteiger charge is 2.22. The van der Waals surface area contributed by atoms with Gasteiger partial charge in [0.15, 0.2) is 11.3 Å². The number of methoxy groups -OCH3 is 1. The van der Waals surface area contributed by atoms with Crippen LogP contribution in [0, 0.1) is 0 Å². The van der Waals surface area contributed by atoms with E-state index >= 15 is 0 Å². The summed E-state index contributed by atoms with van der Waals surface area (Å²) in [6, 6.07) is 23.3. The maximum Gasteiger partial charge on any atom is 0.354 e. The van der Waals surface area contributed by atoms with E-state index in [0.29, 0.717) is 40.4 Å². The first-order valence-corrected chi connectivity index (χ1v) is 11.7. The zero-order valence-electron chi connectivity index (χ0n) is 18.8. The van der Waals surface area contributed by atoms with Gasteiger partial charge < -0.3 is 19.0 Å². The van der Waals surface area contributed by atoms with E-state index < -0.39 is 16.9 Å². The average Bonchev–Trinajstić information content (AvgIpc) is 2.87. The third-order valence-electron chi connectivity index (χ3n) is 5.46. The number of para-hydroxylation sites is 2. The van der Waals surface area contributed by atoms with Gasteiger partial charge in [-0.05, 0) is 42.5 Å². The van der Waals surface area contributed by atoms with Crippen molar-refractivity contribution in [1.82, 2.24) is 4.57 Å². The van der Waals surface area contributed by atoms with Crippen LogP contribution < -0.4 is 15.9 Å². The summed E-state index contributed by atoms with van der Waals surface area (Å²) in [6.07, 6.45) is 0. The van der Waals surface area contributed by atoms with Crippen LogP contribution in [-0.4, -0.2) is 30.0 Å². The molecule has 5 rings (SSSR count). The second-order valence-electron chi connectivity index (χ2n) is 7.68. The van der Waals surface area contributed by atoms with Crippen molar-refractivity contribution >= 4 is 33.6 Å². The van der Waals surface area contributed by atoms with Gasteiger partial charge in [-0.3, -0.25) is 9.36 Å². The fourth-order valence-electron chi connectivity index (χ4n) is 3.89. The fourth-order valence-corrected chi connectivity index (χ4v) is 4.77. The van der Waals surface area contributed by atoms with Crippen LogP contribution in [0.5, 0.6) is 11.5 Å². The van der Waals surface area contributed by atoms with Gasteiger partial charge in [0.1, 0.15) is 22.6 Å². The number of aromatic hydroxyl groups is 1. The Morgan fingerprint density at radius 2 is 1.71 bits per heavy atom. The molecule has 0 saturated carbocycles. The summed E-state index contributed by atoms with van der Waals surface area (Å²) >= 11 is 1.01. The lowest BCUT2D eigenvalue weighted by Crippen LogP contribution is -2.20.